The van der Waals surface area contributed by atoms with Gasteiger partial charge in [-0.1, -0.05) is 46.5 Å². The second-order valence-corrected chi connectivity index (χ2v) is 8.86. The Kier molecular flexibility index (Phi) is 14.4. The first kappa shape index (κ1) is 27.4. The number of hydrogen-bond donors (Lipinski definition) is 1. The van der Waals surface area contributed by atoms with Crippen LogP contribution in [0.2, 0.25) is 0 Å². The van der Waals surface area contributed by atoms with Crippen molar-refractivity contribution in [3.8, 4) is 0 Å². The van der Waals surface area contributed by atoms with E-state index >= 15 is 0 Å². The molecule has 0 aromatic heterocycles. The maximum absolute atomic E-state index is 11.6. The zero-order chi connectivity index (χ0) is 22.3. The highest BCUT2D eigenvalue weighted by Gasteiger charge is 2.23. The van der Waals surface area contributed by atoms with Crippen LogP contribution in [0.1, 0.15) is 105 Å². The second kappa shape index (κ2) is 15.3. The molecule has 29 heavy (non-hydrogen) atoms. The minimum atomic E-state index is -0.756. The van der Waals surface area contributed by atoms with E-state index in [4.69, 9.17) is 9.47 Å². The highest BCUT2D eigenvalue weighted by molar-refractivity contribution is 5.70. The monoisotopic (exact) mass is 414 g/mol. The lowest BCUT2D eigenvalue weighted by Crippen LogP contribution is -2.19. The number of methoxy groups -OCH3 is 1. The zero-order valence-corrected chi connectivity index (χ0v) is 19.1. The van der Waals surface area contributed by atoms with Crippen LogP contribution in [0, 0.1) is 11.3 Å². The van der Waals surface area contributed by atoms with Gasteiger partial charge in [0.1, 0.15) is 6.10 Å². The third kappa shape index (κ3) is 15.0. The summed E-state index contributed by atoms with van der Waals surface area (Å²) in [5.74, 6) is -1.60. The summed E-state index contributed by atoms with van der Waals surface area (Å²) in [4.78, 5) is 34.3. The molecule has 2 unspecified atom stereocenters. The maximum Gasteiger partial charge on any atom is 0.306 e. The van der Waals surface area contributed by atoms with Crippen molar-refractivity contribution in [3.05, 3.63) is 0 Å². The third-order valence-corrected chi connectivity index (χ3v) is 5.40. The van der Waals surface area contributed by atoms with Crippen molar-refractivity contribution in [2.75, 3.05) is 7.11 Å². The first-order valence-corrected chi connectivity index (χ1v) is 11.1. The molecule has 0 spiro atoms. The van der Waals surface area contributed by atoms with Crippen LogP contribution in [0.4, 0.5) is 0 Å². The number of aliphatic carboxylic acids is 1. The van der Waals surface area contributed by atoms with Crippen LogP contribution >= 0.6 is 0 Å². The summed E-state index contributed by atoms with van der Waals surface area (Å²) in [5, 5.41) is 9.52. The fourth-order valence-corrected chi connectivity index (χ4v) is 3.65. The van der Waals surface area contributed by atoms with E-state index in [0.29, 0.717) is 19.3 Å². The Balaban J connectivity index is 4.31. The average Bonchev–Trinajstić information content (AvgIpc) is 2.62. The summed E-state index contributed by atoms with van der Waals surface area (Å²) < 4.78 is 10.1. The van der Waals surface area contributed by atoms with Crippen molar-refractivity contribution in [3.63, 3.8) is 0 Å². The average molecular weight is 415 g/mol. The van der Waals surface area contributed by atoms with Gasteiger partial charge < -0.3 is 14.6 Å². The minimum Gasteiger partial charge on any atom is -0.481 e. The molecule has 0 aromatic carbocycles. The summed E-state index contributed by atoms with van der Waals surface area (Å²) in [6.07, 6.45) is 9.66. The molecule has 170 valence electrons. The summed E-state index contributed by atoms with van der Waals surface area (Å²) >= 11 is 0. The van der Waals surface area contributed by atoms with Crippen molar-refractivity contribution in [1.29, 1.82) is 0 Å². The van der Waals surface area contributed by atoms with Gasteiger partial charge in [-0.05, 0) is 50.4 Å². The number of rotatable bonds is 17. The Morgan fingerprint density at radius 1 is 0.931 bits per heavy atom. The highest BCUT2D eigenvalue weighted by Crippen LogP contribution is 2.29. The fourth-order valence-electron chi connectivity index (χ4n) is 3.65. The van der Waals surface area contributed by atoms with E-state index in [9.17, 15) is 19.5 Å². The lowest BCUT2D eigenvalue weighted by molar-refractivity contribution is -0.148. The lowest BCUT2D eigenvalue weighted by atomic mass is 9.83. The van der Waals surface area contributed by atoms with Crippen molar-refractivity contribution in [2.24, 2.45) is 11.3 Å². The quantitative estimate of drug-likeness (QED) is 0.249. The van der Waals surface area contributed by atoms with Gasteiger partial charge in [-0.15, -0.1) is 0 Å². The molecule has 0 aliphatic carbocycles. The van der Waals surface area contributed by atoms with E-state index in [-0.39, 0.29) is 29.4 Å². The summed E-state index contributed by atoms with van der Waals surface area (Å²) in [6, 6.07) is 0. The number of carboxylic acid groups (broad SMARTS) is 1. The van der Waals surface area contributed by atoms with Crippen LogP contribution in [0.15, 0.2) is 0 Å². The normalized spacial score (nSPS) is 13.6. The molecule has 0 fully saturated rings. The van der Waals surface area contributed by atoms with Gasteiger partial charge in [0, 0.05) is 6.92 Å². The molecule has 1 N–H and O–H groups in total. The van der Waals surface area contributed by atoms with E-state index in [2.05, 4.69) is 6.92 Å². The fraction of sp³-hybridized carbons (Fsp3) is 0.870. The van der Waals surface area contributed by atoms with E-state index < -0.39 is 5.97 Å². The van der Waals surface area contributed by atoms with E-state index in [0.717, 1.165) is 57.8 Å². The predicted octanol–water partition coefficient (Wildman–Crippen LogP) is 5.52. The topological polar surface area (TPSA) is 89.9 Å². The standard InChI is InChI=1S/C23H42O6/c1-6-7-8-14-20(29-18(2)24)15-11-13-19(22(26)27)12-9-10-16-23(3,4)17-21(25)28-5/h19-20H,6-17H2,1-5H3,(H,26,27). The number of esters is 2. The Morgan fingerprint density at radius 3 is 2.07 bits per heavy atom. The Morgan fingerprint density at radius 2 is 1.52 bits per heavy atom. The van der Waals surface area contributed by atoms with Gasteiger partial charge in [-0.2, -0.15) is 0 Å². The summed E-state index contributed by atoms with van der Waals surface area (Å²) in [5.41, 5.74) is -0.137. The largest absolute Gasteiger partial charge is 0.481 e. The van der Waals surface area contributed by atoms with Crippen LogP contribution in [-0.2, 0) is 23.9 Å². The Bertz CT molecular complexity index is 486. The van der Waals surface area contributed by atoms with Crippen molar-refractivity contribution >= 4 is 17.9 Å². The van der Waals surface area contributed by atoms with E-state index in [1.165, 1.54) is 14.0 Å². The molecule has 0 amide bonds. The number of carbonyl (C=O) groups is 3. The van der Waals surface area contributed by atoms with Gasteiger partial charge in [-0.3, -0.25) is 14.4 Å². The van der Waals surface area contributed by atoms with Gasteiger partial charge >= 0.3 is 17.9 Å². The smallest absolute Gasteiger partial charge is 0.306 e. The minimum absolute atomic E-state index is 0.104. The van der Waals surface area contributed by atoms with Crippen LogP contribution in [-0.4, -0.2) is 36.2 Å². The summed E-state index contributed by atoms with van der Waals surface area (Å²) in [6.45, 7) is 7.63. The molecule has 6 nitrogen and oxygen atoms in total. The number of carboxylic acids is 1. The molecule has 0 aliphatic rings. The predicted molar refractivity (Wildman–Crippen MR) is 114 cm³/mol. The molecule has 0 aliphatic heterocycles. The van der Waals surface area contributed by atoms with Crippen LogP contribution in [0.5, 0.6) is 0 Å². The molecule has 0 rings (SSSR count). The first-order valence-electron chi connectivity index (χ1n) is 11.1. The number of unbranched alkanes of at least 4 members (excludes halogenated alkanes) is 3. The van der Waals surface area contributed by atoms with Crippen LogP contribution in [0.25, 0.3) is 0 Å². The van der Waals surface area contributed by atoms with Gasteiger partial charge in [-0.25, -0.2) is 0 Å². The van der Waals surface area contributed by atoms with Gasteiger partial charge in [0.05, 0.1) is 19.4 Å². The molecule has 0 saturated carbocycles. The number of hydrogen-bond acceptors (Lipinski definition) is 5. The molecule has 0 heterocycles. The molecular weight excluding hydrogens is 372 g/mol. The lowest BCUT2D eigenvalue weighted by Gasteiger charge is -2.23. The first-order chi connectivity index (χ1) is 13.6. The van der Waals surface area contributed by atoms with Crippen molar-refractivity contribution in [1.82, 2.24) is 0 Å². The Hall–Kier alpha value is -1.59. The van der Waals surface area contributed by atoms with Gasteiger partial charge in [0.2, 0.25) is 0 Å². The number of ether oxygens (including phenoxy) is 2. The van der Waals surface area contributed by atoms with Crippen molar-refractivity contribution in [2.45, 2.75) is 111 Å². The van der Waals surface area contributed by atoms with E-state index in [1.807, 2.05) is 13.8 Å². The molecule has 0 radical (unpaired) electrons. The van der Waals surface area contributed by atoms with Crippen LogP contribution < -0.4 is 0 Å². The second-order valence-electron chi connectivity index (χ2n) is 8.86. The molecule has 2 atom stereocenters. The van der Waals surface area contributed by atoms with E-state index in [1.54, 1.807) is 0 Å². The third-order valence-electron chi connectivity index (χ3n) is 5.40. The zero-order valence-electron chi connectivity index (χ0n) is 19.1. The molecule has 0 aromatic rings. The highest BCUT2D eigenvalue weighted by atomic mass is 16.5. The molecule has 6 heteroatoms. The maximum atomic E-state index is 11.6. The number of carbonyl (C=O) groups excluding carboxylic acids is 2. The van der Waals surface area contributed by atoms with Crippen LogP contribution in [0.3, 0.4) is 0 Å². The van der Waals surface area contributed by atoms with Crippen molar-refractivity contribution < 1.29 is 29.0 Å². The van der Waals surface area contributed by atoms with Gasteiger partial charge in [0.15, 0.2) is 0 Å². The molecule has 0 saturated heterocycles. The molecular formula is C23H42O6. The molecule has 0 bridgehead atoms. The summed E-state index contributed by atoms with van der Waals surface area (Å²) in [7, 11) is 1.39. The SMILES string of the molecule is CCCCCC(CCCC(CCCCC(C)(C)CC(=O)OC)C(=O)O)OC(C)=O. The van der Waals surface area contributed by atoms with Gasteiger partial charge in [0.25, 0.3) is 0 Å². The Labute approximate surface area is 176 Å².